The van der Waals surface area contributed by atoms with E-state index < -0.39 is 0 Å². The highest BCUT2D eigenvalue weighted by Gasteiger charge is 2.13. The molecule has 1 atom stereocenters. The van der Waals surface area contributed by atoms with Gasteiger partial charge in [-0.3, -0.25) is 0 Å². The average molecular weight is 328 g/mol. The van der Waals surface area contributed by atoms with Crippen molar-refractivity contribution in [1.82, 2.24) is 5.32 Å². The van der Waals surface area contributed by atoms with Gasteiger partial charge < -0.3 is 5.32 Å². The third-order valence-electron chi connectivity index (χ3n) is 4.18. The lowest BCUT2D eigenvalue weighted by Crippen LogP contribution is -2.13. The van der Waals surface area contributed by atoms with Gasteiger partial charge in [0.1, 0.15) is 0 Å². The number of halogens is 1. The van der Waals surface area contributed by atoms with Crippen molar-refractivity contribution in [2.45, 2.75) is 39.5 Å². The van der Waals surface area contributed by atoms with E-state index >= 15 is 0 Å². The lowest BCUT2D eigenvalue weighted by molar-refractivity contribution is 0.554. The topological polar surface area (TPSA) is 12.0 Å². The Morgan fingerprint density at radius 2 is 2.13 bits per heavy atom. The molecule has 0 amide bonds. The Bertz CT molecular complexity index is 652. The van der Waals surface area contributed by atoms with Crippen LogP contribution >= 0.6 is 11.6 Å². The third-order valence-corrected chi connectivity index (χ3v) is 4.49. The normalized spacial score (nSPS) is 16.8. The minimum Gasteiger partial charge on any atom is -0.356 e. The Morgan fingerprint density at radius 1 is 1.35 bits per heavy atom. The molecule has 0 radical (unpaired) electrons. The molecule has 2 heteroatoms. The van der Waals surface area contributed by atoms with E-state index in [0.717, 1.165) is 34.5 Å². The van der Waals surface area contributed by atoms with Gasteiger partial charge in [-0.1, -0.05) is 68.8 Å². The van der Waals surface area contributed by atoms with E-state index in [1.165, 1.54) is 19.3 Å². The molecule has 122 valence electrons. The average Bonchev–Trinajstić information content (AvgIpc) is 2.53. The fourth-order valence-electron chi connectivity index (χ4n) is 2.89. The first-order chi connectivity index (χ1) is 11.0. The summed E-state index contributed by atoms with van der Waals surface area (Å²) in [5, 5.41) is 4.13. The predicted molar refractivity (Wildman–Crippen MR) is 103 cm³/mol. The molecule has 1 aromatic carbocycles. The summed E-state index contributed by atoms with van der Waals surface area (Å²) in [6.45, 7) is 12.4. The van der Waals surface area contributed by atoms with Gasteiger partial charge in [0.25, 0.3) is 0 Å². The van der Waals surface area contributed by atoms with Crippen LogP contribution in [0.3, 0.4) is 0 Å². The van der Waals surface area contributed by atoms with Crippen LogP contribution in [0.2, 0.25) is 5.02 Å². The van der Waals surface area contributed by atoms with Crippen LogP contribution in [0, 0.1) is 5.92 Å². The first-order valence-corrected chi connectivity index (χ1v) is 8.69. The molecule has 0 saturated carbocycles. The molecule has 1 N–H and O–H groups in total. The SMILES string of the molecule is C=C(NC1=CCC(CCCC)C=C1)c1cccc(Cl)c1C(=C)C. The molecule has 2 rings (SSSR count). The standard InChI is InChI=1S/C21H26ClN/c1-5-6-8-17-11-13-18(14-12-17)23-16(4)19-9-7-10-20(22)21(19)15(2)3/h7,9-11,13-14,17,23H,2,4-6,8,12H2,1,3H3. The molecule has 0 aliphatic heterocycles. The van der Waals surface area contributed by atoms with Crippen molar-refractivity contribution in [3.05, 3.63) is 71.4 Å². The van der Waals surface area contributed by atoms with Gasteiger partial charge in [-0.05, 0) is 43.4 Å². The smallest absolute Gasteiger partial charge is 0.0487 e. The fraction of sp³-hybridized carbons (Fsp3) is 0.333. The Morgan fingerprint density at radius 3 is 2.74 bits per heavy atom. The molecule has 0 heterocycles. The van der Waals surface area contributed by atoms with E-state index in [-0.39, 0.29) is 0 Å². The van der Waals surface area contributed by atoms with Crippen LogP contribution in [0.5, 0.6) is 0 Å². The van der Waals surface area contributed by atoms with Crippen LogP contribution in [0.1, 0.15) is 50.7 Å². The zero-order chi connectivity index (χ0) is 16.8. The van der Waals surface area contributed by atoms with Gasteiger partial charge in [-0.25, -0.2) is 0 Å². The fourth-order valence-corrected chi connectivity index (χ4v) is 3.22. The molecular formula is C21H26ClN. The minimum atomic E-state index is 0.672. The maximum absolute atomic E-state index is 6.32. The summed E-state index contributed by atoms with van der Waals surface area (Å²) >= 11 is 6.32. The highest BCUT2D eigenvalue weighted by Crippen LogP contribution is 2.30. The Balaban J connectivity index is 2.07. The van der Waals surface area contributed by atoms with Crippen molar-refractivity contribution in [3.8, 4) is 0 Å². The second-order valence-corrected chi connectivity index (χ2v) is 6.61. The van der Waals surface area contributed by atoms with E-state index in [1.54, 1.807) is 0 Å². The quantitative estimate of drug-likeness (QED) is 0.596. The summed E-state index contributed by atoms with van der Waals surface area (Å²) in [4.78, 5) is 0. The van der Waals surface area contributed by atoms with Crippen LogP contribution in [0.4, 0.5) is 0 Å². The lowest BCUT2D eigenvalue weighted by Gasteiger charge is -2.20. The number of unbranched alkanes of at least 4 members (excludes halogenated alkanes) is 1. The van der Waals surface area contributed by atoms with E-state index in [9.17, 15) is 0 Å². The zero-order valence-corrected chi connectivity index (χ0v) is 14.9. The summed E-state index contributed by atoms with van der Waals surface area (Å²) in [6.07, 6.45) is 11.7. The molecule has 1 nitrogen and oxygen atoms in total. The largest absolute Gasteiger partial charge is 0.356 e. The van der Waals surface area contributed by atoms with Crippen LogP contribution in [0.15, 0.2) is 55.3 Å². The summed E-state index contributed by atoms with van der Waals surface area (Å²) in [5.74, 6) is 0.672. The second-order valence-electron chi connectivity index (χ2n) is 6.20. The maximum atomic E-state index is 6.32. The number of hydrogen-bond acceptors (Lipinski definition) is 1. The minimum absolute atomic E-state index is 0.672. The summed E-state index contributed by atoms with van der Waals surface area (Å²) in [5.41, 5.74) is 4.88. The molecule has 0 saturated heterocycles. The van der Waals surface area contributed by atoms with Crippen molar-refractivity contribution in [3.63, 3.8) is 0 Å². The van der Waals surface area contributed by atoms with Gasteiger partial charge >= 0.3 is 0 Å². The predicted octanol–water partition coefficient (Wildman–Crippen LogP) is 6.58. The molecule has 23 heavy (non-hydrogen) atoms. The first-order valence-electron chi connectivity index (χ1n) is 8.32. The van der Waals surface area contributed by atoms with Gasteiger partial charge in [-0.15, -0.1) is 0 Å². The highest BCUT2D eigenvalue weighted by atomic mass is 35.5. The Labute approximate surface area is 145 Å². The Hall–Kier alpha value is -1.73. The summed E-state index contributed by atoms with van der Waals surface area (Å²) in [7, 11) is 0. The van der Waals surface area contributed by atoms with Gasteiger partial charge in [-0.2, -0.15) is 0 Å². The van der Waals surface area contributed by atoms with Crippen LogP contribution < -0.4 is 5.32 Å². The van der Waals surface area contributed by atoms with Gasteiger partial charge in [0.2, 0.25) is 0 Å². The lowest BCUT2D eigenvalue weighted by atomic mass is 9.93. The van der Waals surface area contributed by atoms with Crippen LogP contribution in [0.25, 0.3) is 11.3 Å². The number of allylic oxidation sites excluding steroid dienone is 4. The monoisotopic (exact) mass is 327 g/mol. The highest BCUT2D eigenvalue weighted by molar-refractivity contribution is 6.32. The van der Waals surface area contributed by atoms with Crippen molar-refractivity contribution in [1.29, 1.82) is 0 Å². The molecule has 1 aliphatic rings. The van der Waals surface area contributed by atoms with Gasteiger partial charge in [0, 0.05) is 27.5 Å². The number of rotatable bonds is 7. The van der Waals surface area contributed by atoms with Gasteiger partial charge in [0.05, 0.1) is 0 Å². The maximum Gasteiger partial charge on any atom is 0.0487 e. The van der Waals surface area contributed by atoms with E-state index in [1.807, 2.05) is 25.1 Å². The summed E-state index contributed by atoms with van der Waals surface area (Å²) in [6, 6.07) is 5.87. The van der Waals surface area contributed by atoms with Crippen LogP contribution in [-0.2, 0) is 0 Å². The van der Waals surface area contributed by atoms with Crippen molar-refractivity contribution >= 4 is 22.9 Å². The molecule has 0 spiro atoms. The summed E-state index contributed by atoms with van der Waals surface area (Å²) < 4.78 is 0. The number of benzene rings is 1. The molecule has 0 aromatic heterocycles. The molecule has 0 fully saturated rings. The number of hydrogen-bond donors (Lipinski definition) is 1. The van der Waals surface area contributed by atoms with Crippen molar-refractivity contribution in [2.24, 2.45) is 5.92 Å². The molecule has 1 aliphatic carbocycles. The van der Waals surface area contributed by atoms with E-state index in [2.05, 4.69) is 43.6 Å². The van der Waals surface area contributed by atoms with Gasteiger partial charge in [0.15, 0.2) is 0 Å². The van der Waals surface area contributed by atoms with Crippen molar-refractivity contribution in [2.75, 3.05) is 0 Å². The first kappa shape index (κ1) is 17.6. The van der Waals surface area contributed by atoms with Crippen LogP contribution in [-0.4, -0.2) is 0 Å². The second kappa shape index (κ2) is 8.21. The molecular weight excluding hydrogens is 302 g/mol. The van der Waals surface area contributed by atoms with Crippen molar-refractivity contribution < 1.29 is 0 Å². The third kappa shape index (κ3) is 4.62. The molecule has 1 unspecified atom stereocenters. The van der Waals surface area contributed by atoms with E-state index in [0.29, 0.717) is 10.9 Å². The number of nitrogens with one attached hydrogen (secondary N) is 1. The molecule has 1 aromatic rings. The molecule has 0 bridgehead atoms. The Kier molecular flexibility index (Phi) is 6.29. The van der Waals surface area contributed by atoms with E-state index in [4.69, 9.17) is 11.6 Å². The zero-order valence-electron chi connectivity index (χ0n) is 14.2.